The van der Waals surface area contributed by atoms with Crippen LogP contribution in [-0.4, -0.2) is 36.8 Å². The molecule has 2 aromatic rings. The summed E-state index contributed by atoms with van der Waals surface area (Å²) < 4.78 is 29.9. The fraction of sp³-hybridized carbons (Fsp3) is 0.357. The summed E-state index contributed by atoms with van der Waals surface area (Å²) in [6.45, 7) is 0. The van der Waals surface area contributed by atoms with Crippen molar-refractivity contribution in [1.82, 2.24) is 9.78 Å². The maximum absolute atomic E-state index is 11.6. The molecular weight excluding hydrogens is 290 g/mol. The summed E-state index contributed by atoms with van der Waals surface area (Å²) in [6.07, 6.45) is 2.25. The number of sulfone groups is 1. The number of anilines is 1. The second-order valence-electron chi connectivity index (χ2n) is 5.17. The minimum atomic E-state index is -2.96. The normalized spacial score (nSPS) is 20.5. The summed E-state index contributed by atoms with van der Waals surface area (Å²) in [7, 11) is -1.34. The molecule has 0 aliphatic carbocycles. The Morgan fingerprint density at radius 2 is 2.05 bits per heavy atom. The van der Waals surface area contributed by atoms with Crippen molar-refractivity contribution in [2.24, 2.45) is 0 Å². The summed E-state index contributed by atoms with van der Waals surface area (Å²) in [5.74, 6) is 1.59. The van der Waals surface area contributed by atoms with Gasteiger partial charge in [-0.1, -0.05) is 12.1 Å². The van der Waals surface area contributed by atoms with Crippen LogP contribution in [0.15, 0.2) is 30.5 Å². The van der Waals surface area contributed by atoms with E-state index >= 15 is 0 Å². The van der Waals surface area contributed by atoms with Crippen molar-refractivity contribution in [2.45, 2.75) is 12.5 Å². The van der Waals surface area contributed by atoms with Crippen LogP contribution in [-0.2, 0) is 9.84 Å². The van der Waals surface area contributed by atoms with Gasteiger partial charge in [-0.15, -0.1) is 0 Å². The quantitative estimate of drug-likeness (QED) is 0.928. The number of methoxy groups -OCH3 is 1. The van der Waals surface area contributed by atoms with Crippen molar-refractivity contribution in [1.29, 1.82) is 0 Å². The van der Waals surface area contributed by atoms with Crippen molar-refractivity contribution in [3.8, 4) is 16.9 Å². The average Bonchev–Trinajstić information content (AvgIpc) is 3.01. The fourth-order valence-electron chi connectivity index (χ4n) is 2.62. The number of nitrogen functional groups attached to an aromatic ring is 1. The number of aromatic nitrogens is 2. The zero-order valence-corrected chi connectivity index (χ0v) is 12.5. The van der Waals surface area contributed by atoms with Crippen molar-refractivity contribution < 1.29 is 13.2 Å². The van der Waals surface area contributed by atoms with Gasteiger partial charge in [-0.05, 0) is 24.1 Å². The minimum absolute atomic E-state index is 0.112. The molecule has 112 valence electrons. The zero-order valence-electron chi connectivity index (χ0n) is 11.7. The first-order chi connectivity index (χ1) is 10.00. The number of nitrogens with two attached hydrogens (primary N) is 1. The maximum Gasteiger partial charge on any atom is 0.152 e. The molecule has 1 aromatic carbocycles. The van der Waals surface area contributed by atoms with Crippen LogP contribution in [0.3, 0.4) is 0 Å². The SMILES string of the molecule is COc1ccc(-c2cnn([C@@H]3CCS(=O)(=O)C3)c2N)cc1. The summed E-state index contributed by atoms with van der Waals surface area (Å²) in [6, 6.07) is 7.35. The van der Waals surface area contributed by atoms with Crippen LogP contribution >= 0.6 is 0 Å². The zero-order chi connectivity index (χ0) is 15.0. The highest BCUT2D eigenvalue weighted by Gasteiger charge is 2.31. The van der Waals surface area contributed by atoms with Gasteiger partial charge in [-0.2, -0.15) is 5.10 Å². The Labute approximate surface area is 123 Å². The van der Waals surface area contributed by atoms with E-state index < -0.39 is 9.84 Å². The van der Waals surface area contributed by atoms with Crippen LogP contribution < -0.4 is 10.5 Å². The molecular formula is C14H17N3O3S. The topological polar surface area (TPSA) is 87.2 Å². The van der Waals surface area contributed by atoms with Crippen LogP contribution in [0.4, 0.5) is 5.82 Å². The van der Waals surface area contributed by atoms with Crippen LogP contribution in [0.1, 0.15) is 12.5 Å². The molecule has 6 nitrogen and oxygen atoms in total. The highest BCUT2D eigenvalue weighted by Crippen LogP contribution is 2.32. The minimum Gasteiger partial charge on any atom is -0.497 e. The molecule has 0 bridgehead atoms. The monoisotopic (exact) mass is 307 g/mol. The molecule has 7 heteroatoms. The molecule has 1 aromatic heterocycles. The van der Waals surface area contributed by atoms with E-state index in [9.17, 15) is 8.42 Å². The van der Waals surface area contributed by atoms with E-state index in [0.717, 1.165) is 16.9 Å². The van der Waals surface area contributed by atoms with Crippen LogP contribution in [0.5, 0.6) is 5.75 Å². The number of nitrogens with zero attached hydrogens (tertiary/aromatic N) is 2. The molecule has 2 heterocycles. The highest BCUT2D eigenvalue weighted by molar-refractivity contribution is 7.91. The summed E-state index contributed by atoms with van der Waals surface area (Å²) in [5.41, 5.74) is 7.89. The lowest BCUT2D eigenvalue weighted by atomic mass is 10.1. The molecule has 1 aliphatic rings. The number of benzene rings is 1. The Balaban J connectivity index is 1.92. The van der Waals surface area contributed by atoms with Crippen molar-refractivity contribution in [2.75, 3.05) is 24.3 Å². The van der Waals surface area contributed by atoms with Gasteiger partial charge in [-0.3, -0.25) is 0 Å². The van der Waals surface area contributed by atoms with Gasteiger partial charge >= 0.3 is 0 Å². The second-order valence-corrected chi connectivity index (χ2v) is 7.40. The number of rotatable bonds is 3. The van der Waals surface area contributed by atoms with Crippen molar-refractivity contribution >= 4 is 15.7 Å². The predicted molar refractivity (Wildman–Crippen MR) is 80.9 cm³/mol. The molecule has 21 heavy (non-hydrogen) atoms. The molecule has 3 rings (SSSR count). The van der Waals surface area contributed by atoms with E-state index in [0.29, 0.717) is 12.2 Å². The molecule has 1 saturated heterocycles. The van der Waals surface area contributed by atoms with Crippen molar-refractivity contribution in [3.05, 3.63) is 30.5 Å². The second kappa shape index (κ2) is 5.07. The predicted octanol–water partition coefficient (Wildman–Crippen LogP) is 1.50. The van der Waals surface area contributed by atoms with E-state index in [-0.39, 0.29) is 17.5 Å². The van der Waals surface area contributed by atoms with E-state index in [2.05, 4.69) is 5.10 Å². The third kappa shape index (κ3) is 2.61. The van der Waals surface area contributed by atoms with Gasteiger partial charge in [-0.25, -0.2) is 13.1 Å². The van der Waals surface area contributed by atoms with E-state index in [1.165, 1.54) is 0 Å². The summed E-state index contributed by atoms with van der Waals surface area (Å²) >= 11 is 0. The third-order valence-corrected chi connectivity index (χ3v) is 5.54. The van der Waals surface area contributed by atoms with Crippen molar-refractivity contribution in [3.63, 3.8) is 0 Å². The van der Waals surface area contributed by atoms with E-state index in [1.807, 2.05) is 24.3 Å². The number of hydrogen-bond donors (Lipinski definition) is 1. The Morgan fingerprint density at radius 1 is 1.33 bits per heavy atom. The first kappa shape index (κ1) is 13.9. The molecule has 1 aliphatic heterocycles. The summed E-state index contributed by atoms with van der Waals surface area (Å²) in [4.78, 5) is 0. The van der Waals surface area contributed by atoms with Gasteiger partial charge in [0.2, 0.25) is 0 Å². The molecule has 0 spiro atoms. The lowest BCUT2D eigenvalue weighted by Crippen LogP contribution is -2.14. The smallest absolute Gasteiger partial charge is 0.152 e. The summed E-state index contributed by atoms with van der Waals surface area (Å²) in [5, 5.41) is 4.28. The number of ether oxygens (including phenoxy) is 1. The van der Waals surface area contributed by atoms with Gasteiger partial charge in [0.25, 0.3) is 0 Å². The molecule has 0 unspecified atom stereocenters. The lowest BCUT2D eigenvalue weighted by Gasteiger charge is -2.11. The molecule has 1 atom stereocenters. The standard InChI is InChI=1S/C14H17N3O3S/c1-20-12-4-2-10(3-5-12)13-8-16-17(14(13)15)11-6-7-21(18,19)9-11/h2-5,8,11H,6-7,9,15H2,1H3/t11-/m1/s1. The van der Waals surface area contributed by atoms with Gasteiger partial charge < -0.3 is 10.5 Å². The van der Waals surface area contributed by atoms with Gasteiger partial charge in [0.15, 0.2) is 9.84 Å². The Kier molecular flexibility index (Phi) is 3.36. The first-order valence-corrected chi connectivity index (χ1v) is 8.50. The van der Waals surface area contributed by atoms with Crippen LogP contribution in [0.25, 0.3) is 11.1 Å². The Bertz CT molecular complexity index is 750. The first-order valence-electron chi connectivity index (χ1n) is 6.68. The fourth-order valence-corrected chi connectivity index (χ4v) is 4.32. The van der Waals surface area contributed by atoms with E-state index in [4.69, 9.17) is 10.5 Å². The average molecular weight is 307 g/mol. The van der Waals surface area contributed by atoms with Gasteiger partial charge in [0, 0.05) is 5.56 Å². The molecule has 1 fully saturated rings. The Morgan fingerprint density at radius 3 is 2.62 bits per heavy atom. The van der Waals surface area contributed by atoms with Crippen LogP contribution in [0.2, 0.25) is 0 Å². The van der Waals surface area contributed by atoms with Gasteiger partial charge in [0.05, 0.1) is 30.9 Å². The molecule has 2 N–H and O–H groups in total. The largest absolute Gasteiger partial charge is 0.497 e. The molecule has 0 radical (unpaired) electrons. The Hall–Kier alpha value is -2.02. The highest BCUT2D eigenvalue weighted by atomic mass is 32.2. The lowest BCUT2D eigenvalue weighted by molar-refractivity contribution is 0.415. The third-order valence-electron chi connectivity index (χ3n) is 3.79. The van der Waals surface area contributed by atoms with Crippen LogP contribution in [0, 0.1) is 0 Å². The maximum atomic E-state index is 11.6. The van der Waals surface area contributed by atoms with E-state index in [1.54, 1.807) is 18.0 Å². The molecule has 0 amide bonds. The molecule has 0 saturated carbocycles. The van der Waals surface area contributed by atoms with Gasteiger partial charge in [0.1, 0.15) is 11.6 Å². The number of hydrogen-bond acceptors (Lipinski definition) is 5.